The Bertz CT molecular complexity index is 294. The van der Waals surface area contributed by atoms with Crippen molar-refractivity contribution in [2.24, 2.45) is 11.7 Å². The Hall–Kier alpha value is -1.16. The Morgan fingerprint density at radius 3 is 2.44 bits per heavy atom. The van der Waals surface area contributed by atoms with Gasteiger partial charge in [0.05, 0.1) is 0 Å². The lowest BCUT2D eigenvalue weighted by Crippen LogP contribution is -2.23. The zero-order valence-electron chi connectivity index (χ0n) is 10.5. The lowest BCUT2D eigenvalue weighted by Gasteiger charge is -2.16. The Balaban J connectivity index is 2.56. The molecule has 1 rings (SSSR count). The van der Waals surface area contributed by atoms with Crippen LogP contribution in [0.15, 0.2) is 12.4 Å². The van der Waals surface area contributed by atoms with Crippen LogP contribution in [0.4, 0.5) is 5.95 Å². The molecule has 1 aromatic rings. The highest BCUT2D eigenvalue weighted by molar-refractivity contribution is 5.28. The van der Waals surface area contributed by atoms with E-state index in [4.69, 9.17) is 5.73 Å². The van der Waals surface area contributed by atoms with Crippen molar-refractivity contribution in [2.75, 3.05) is 25.0 Å². The number of nitrogens with zero attached hydrogens (tertiary/aromatic N) is 3. The molecule has 0 aliphatic carbocycles. The average molecular weight is 222 g/mol. The average Bonchev–Trinajstić information content (AvgIpc) is 2.26. The van der Waals surface area contributed by atoms with Crippen LogP contribution in [-0.2, 0) is 6.42 Å². The first-order valence-electron chi connectivity index (χ1n) is 5.85. The Labute approximate surface area is 97.9 Å². The van der Waals surface area contributed by atoms with Gasteiger partial charge in [-0.25, -0.2) is 9.97 Å². The quantitative estimate of drug-likeness (QED) is 0.791. The summed E-state index contributed by atoms with van der Waals surface area (Å²) in [7, 11) is 1.99. The molecule has 0 aromatic carbocycles. The van der Waals surface area contributed by atoms with Crippen LogP contribution < -0.4 is 10.6 Å². The van der Waals surface area contributed by atoms with Crippen LogP contribution in [0.3, 0.4) is 0 Å². The third-order valence-electron chi connectivity index (χ3n) is 2.37. The molecule has 1 heterocycles. The summed E-state index contributed by atoms with van der Waals surface area (Å²) in [6, 6.07) is 0. The fourth-order valence-electron chi connectivity index (χ4n) is 1.55. The Morgan fingerprint density at radius 2 is 1.94 bits per heavy atom. The standard InChI is InChI=1S/C12H22N4/c1-10(2)7-11-8-14-12(15-9-11)16(3)6-4-5-13/h8-10H,4-7,13H2,1-3H3. The number of hydrogen-bond donors (Lipinski definition) is 1. The predicted molar refractivity (Wildman–Crippen MR) is 67.5 cm³/mol. The van der Waals surface area contributed by atoms with E-state index in [-0.39, 0.29) is 0 Å². The molecule has 0 atom stereocenters. The second kappa shape index (κ2) is 6.43. The zero-order valence-corrected chi connectivity index (χ0v) is 10.5. The van der Waals surface area contributed by atoms with Gasteiger partial charge in [0.25, 0.3) is 0 Å². The van der Waals surface area contributed by atoms with E-state index in [0.717, 1.165) is 25.3 Å². The molecular formula is C12H22N4. The van der Waals surface area contributed by atoms with Crippen LogP contribution in [0.5, 0.6) is 0 Å². The second-order valence-electron chi connectivity index (χ2n) is 4.55. The van der Waals surface area contributed by atoms with Gasteiger partial charge in [0.1, 0.15) is 0 Å². The number of anilines is 1. The predicted octanol–water partition coefficient (Wildman–Crippen LogP) is 1.46. The first kappa shape index (κ1) is 12.9. The van der Waals surface area contributed by atoms with Crippen LogP contribution >= 0.6 is 0 Å². The molecule has 90 valence electrons. The van der Waals surface area contributed by atoms with E-state index in [1.165, 1.54) is 5.56 Å². The molecule has 0 unspecified atom stereocenters. The number of hydrogen-bond acceptors (Lipinski definition) is 4. The molecule has 0 bridgehead atoms. The maximum Gasteiger partial charge on any atom is 0.224 e. The number of aromatic nitrogens is 2. The SMILES string of the molecule is CC(C)Cc1cnc(N(C)CCCN)nc1. The molecule has 2 N–H and O–H groups in total. The summed E-state index contributed by atoms with van der Waals surface area (Å²) >= 11 is 0. The highest BCUT2D eigenvalue weighted by Crippen LogP contribution is 2.09. The van der Waals surface area contributed by atoms with Gasteiger partial charge in [-0.05, 0) is 30.9 Å². The largest absolute Gasteiger partial charge is 0.344 e. The van der Waals surface area contributed by atoms with Crippen LogP contribution in [0.25, 0.3) is 0 Å². The summed E-state index contributed by atoms with van der Waals surface area (Å²) < 4.78 is 0. The van der Waals surface area contributed by atoms with Crippen molar-refractivity contribution in [3.8, 4) is 0 Å². The van der Waals surface area contributed by atoms with Gasteiger partial charge in [-0.15, -0.1) is 0 Å². The monoisotopic (exact) mass is 222 g/mol. The molecule has 0 amide bonds. The van der Waals surface area contributed by atoms with E-state index < -0.39 is 0 Å². The summed E-state index contributed by atoms with van der Waals surface area (Å²) in [5.74, 6) is 1.42. The van der Waals surface area contributed by atoms with Crippen LogP contribution in [0.2, 0.25) is 0 Å². The minimum Gasteiger partial charge on any atom is -0.344 e. The third kappa shape index (κ3) is 4.14. The van der Waals surface area contributed by atoms with Gasteiger partial charge >= 0.3 is 0 Å². The van der Waals surface area contributed by atoms with Crippen molar-refractivity contribution in [2.45, 2.75) is 26.7 Å². The van der Waals surface area contributed by atoms with Crippen LogP contribution in [0, 0.1) is 5.92 Å². The van der Waals surface area contributed by atoms with Crippen molar-refractivity contribution in [3.05, 3.63) is 18.0 Å². The maximum absolute atomic E-state index is 5.47. The van der Waals surface area contributed by atoms with E-state index >= 15 is 0 Å². The van der Waals surface area contributed by atoms with Crippen molar-refractivity contribution < 1.29 is 0 Å². The fourth-order valence-corrected chi connectivity index (χ4v) is 1.55. The number of rotatable bonds is 6. The van der Waals surface area contributed by atoms with Crippen molar-refractivity contribution in [1.82, 2.24) is 9.97 Å². The molecule has 0 aliphatic rings. The molecule has 0 spiro atoms. The first-order chi connectivity index (χ1) is 7.63. The topological polar surface area (TPSA) is 55.0 Å². The normalized spacial score (nSPS) is 10.8. The maximum atomic E-state index is 5.47. The second-order valence-corrected chi connectivity index (χ2v) is 4.55. The molecule has 1 aromatic heterocycles. The molecule has 16 heavy (non-hydrogen) atoms. The van der Waals surface area contributed by atoms with E-state index in [1.54, 1.807) is 0 Å². The van der Waals surface area contributed by atoms with E-state index in [9.17, 15) is 0 Å². The van der Waals surface area contributed by atoms with E-state index in [0.29, 0.717) is 12.5 Å². The molecular weight excluding hydrogens is 200 g/mol. The lowest BCUT2D eigenvalue weighted by atomic mass is 10.1. The smallest absolute Gasteiger partial charge is 0.224 e. The Morgan fingerprint density at radius 1 is 1.31 bits per heavy atom. The van der Waals surface area contributed by atoms with Crippen LogP contribution in [-0.4, -0.2) is 30.1 Å². The highest BCUT2D eigenvalue weighted by Gasteiger charge is 2.04. The minimum atomic E-state index is 0.643. The van der Waals surface area contributed by atoms with Crippen molar-refractivity contribution in [3.63, 3.8) is 0 Å². The van der Waals surface area contributed by atoms with E-state index in [2.05, 4.69) is 23.8 Å². The summed E-state index contributed by atoms with van der Waals surface area (Å²) in [4.78, 5) is 10.8. The lowest BCUT2D eigenvalue weighted by molar-refractivity contribution is 0.643. The molecule has 4 heteroatoms. The molecule has 0 saturated carbocycles. The molecule has 0 saturated heterocycles. The minimum absolute atomic E-state index is 0.643. The third-order valence-corrected chi connectivity index (χ3v) is 2.37. The Kier molecular flexibility index (Phi) is 5.19. The van der Waals surface area contributed by atoms with Gasteiger partial charge in [0.15, 0.2) is 0 Å². The number of nitrogens with two attached hydrogens (primary N) is 1. The van der Waals surface area contributed by atoms with Gasteiger partial charge in [0, 0.05) is 26.0 Å². The molecule has 0 radical (unpaired) electrons. The molecule has 0 aliphatic heterocycles. The van der Waals surface area contributed by atoms with Crippen molar-refractivity contribution >= 4 is 5.95 Å². The van der Waals surface area contributed by atoms with Gasteiger partial charge in [-0.3, -0.25) is 0 Å². The van der Waals surface area contributed by atoms with Gasteiger partial charge < -0.3 is 10.6 Å². The van der Waals surface area contributed by atoms with Gasteiger partial charge in [0.2, 0.25) is 5.95 Å². The summed E-state index contributed by atoms with van der Waals surface area (Å²) in [5, 5.41) is 0. The van der Waals surface area contributed by atoms with E-state index in [1.807, 2.05) is 24.3 Å². The highest BCUT2D eigenvalue weighted by atomic mass is 15.2. The summed E-state index contributed by atoms with van der Waals surface area (Å²) in [6.07, 6.45) is 5.84. The van der Waals surface area contributed by atoms with Crippen LogP contribution in [0.1, 0.15) is 25.8 Å². The zero-order chi connectivity index (χ0) is 12.0. The summed E-state index contributed by atoms with van der Waals surface area (Å²) in [6.45, 7) is 6.00. The molecule has 0 fully saturated rings. The van der Waals surface area contributed by atoms with Gasteiger partial charge in [-0.2, -0.15) is 0 Å². The molecule has 4 nitrogen and oxygen atoms in total. The van der Waals surface area contributed by atoms with Gasteiger partial charge in [-0.1, -0.05) is 13.8 Å². The van der Waals surface area contributed by atoms with Crippen molar-refractivity contribution in [1.29, 1.82) is 0 Å². The summed E-state index contributed by atoms with van der Waals surface area (Å²) in [5.41, 5.74) is 6.67. The first-order valence-corrected chi connectivity index (χ1v) is 5.85. The fraction of sp³-hybridized carbons (Fsp3) is 0.667.